The van der Waals surface area contributed by atoms with E-state index in [9.17, 15) is 5.11 Å². The summed E-state index contributed by atoms with van der Waals surface area (Å²) in [6, 6.07) is 20.2. The van der Waals surface area contributed by atoms with E-state index in [1.807, 2.05) is 13.8 Å². The molecular formula is C23H32N2O. The molecule has 2 aromatic carbocycles. The van der Waals surface area contributed by atoms with Crippen LogP contribution in [0.2, 0.25) is 0 Å². The first kappa shape index (κ1) is 19.1. The highest BCUT2D eigenvalue weighted by molar-refractivity contribution is 5.24. The first-order valence-corrected chi connectivity index (χ1v) is 9.68. The molecule has 0 unspecified atom stereocenters. The molecule has 140 valence electrons. The molecule has 1 fully saturated rings. The van der Waals surface area contributed by atoms with Crippen LogP contribution in [0.15, 0.2) is 54.6 Å². The molecule has 0 saturated carbocycles. The summed E-state index contributed by atoms with van der Waals surface area (Å²) < 4.78 is 0. The fourth-order valence-electron chi connectivity index (χ4n) is 3.63. The van der Waals surface area contributed by atoms with Gasteiger partial charge in [0.1, 0.15) is 0 Å². The Morgan fingerprint density at radius 2 is 1.62 bits per heavy atom. The van der Waals surface area contributed by atoms with Gasteiger partial charge in [0.15, 0.2) is 0 Å². The lowest BCUT2D eigenvalue weighted by molar-refractivity contribution is 0.0714. The van der Waals surface area contributed by atoms with Gasteiger partial charge < -0.3 is 5.11 Å². The second-order valence-electron chi connectivity index (χ2n) is 8.27. The number of hydrogen-bond donors (Lipinski definition) is 1. The van der Waals surface area contributed by atoms with E-state index in [2.05, 4.69) is 71.4 Å². The Bertz CT molecular complexity index is 676. The highest BCUT2D eigenvalue weighted by Crippen LogP contribution is 2.25. The molecule has 0 aliphatic carbocycles. The maximum Gasteiger partial charge on any atom is 0.0594 e. The summed E-state index contributed by atoms with van der Waals surface area (Å²) in [4.78, 5) is 5.02. The number of likely N-dealkylation sites (N-methyl/N-ethyl adjacent to an activating group) is 1. The van der Waals surface area contributed by atoms with Gasteiger partial charge in [-0.25, -0.2) is 0 Å². The van der Waals surface area contributed by atoms with E-state index < -0.39 is 5.60 Å². The Balaban J connectivity index is 1.58. The molecule has 1 aliphatic heterocycles. The topological polar surface area (TPSA) is 26.7 Å². The first-order valence-electron chi connectivity index (χ1n) is 9.68. The molecular weight excluding hydrogens is 320 g/mol. The quantitative estimate of drug-likeness (QED) is 0.855. The van der Waals surface area contributed by atoms with Crippen molar-refractivity contribution in [3.63, 3.8) is 0 Å². The van der Waals surface area contributed by atoms with Gasteiger partial charge in [-0.3, -0.25) is 9.80 Å². The van der Waals surface area contributed by atoms with Crippen molar-refractivity contribution < 1.29 is 5.11 Å². The van der Waals surface area contributed by atoms with Crippen LogP contribution < -0.4 is 0 Å². The van der Waals surface area contributed by atoms with Gasteiger partial charge in [0, 0.05) is 32.2 Å². The molecule has 1 saturated heterocycles. The number of aryl methyl sites for hydroxylation is 1. The lowest BCUT2D eigenvalue weighted by atomic mass is 9.98. The van der Waals surface area contributed by atoms with Crippen molar-refractivity contribution in [3.8, 4) is 0 Å². The highest BCUT2D eigenvalue weighted by Gasteiger charge is 2.25. The molecule has 0 amide bonds. The van der Waals surface area contributed by atoms with Crippen LogP contribution in [0.1, 0.15) is 43.0 Å². The van der Waals surface area contributed by atoms with Gasteiger partial charge >= 0.3 is 0 Å². The van der Waals surface area contributed by atoms with Crippen molar-refractivity contribution in [1.82, 2.24) is 9.80 Å². The van der Waals surface area contributed by atoms with Crippen LogP contribution in [0.5, 0.6) is 0 Å². The molecule has 0 radical (unpaired) electrons. The van der Waals surface area contributed by atoms with Gasteiger partial charge in [-0.1, -0.05) is 54.6 Å². The average Bonchev–Trinajstić information content (AvgIpc) is 2.63. The van der Waals surface area contributed by atoms with Crippen LogP contribution in [0, 0.1) is 0 Å². The Morgan fingerprint density at radius 1 is 0.962 bits per heavy atom. The van der Waals surface area contributed by atoms with Gasteiger partial charge in [0.25, 0.3) is 0 Å². The monoisotopic (exact) mass is 352 g/mol. The predicted octanol–water partition coefficient (Wildman–Crippen LogP) is 3.88. The molecule has 1 heterocycles. The molecule has 0 aromatic heterocycles. The fraction of sp³-hybridized carbons (Fsp3) is 0.478. The zero-order valence-corrected chi connectivity index (χ0v) is 16.4. The van der Waals surface area contributed by atoms with Crippen LogP contribution in [-0.4, -0.2) is 47.2 Å². The summed E-state index contributed by atoms with van der Waals surface area (Å²) in [6.45, 7) is 8.03. The van der Waals surface area contributed by atoms with E-state index in [4.69, 9.17) is 0 Å². The smallest absolute Gasteiger partial charge is 0.0594 e. The summed E-state index contributed by atoms with van der Waals surface area (Å²) in [5.41, 5.74) is 3.48. The predicted molar refractivity (Wildman–Crippen MR) is 108 cm³/mol. The molecule has 3 rings (SSSR count). The second-order valence-corrected chi connectivity index (χ2v) is 8.27. The second kappa shape index (κ2) is 8.34. The molecule has 0 bridgehead atoms. The molecule has 1 aliphatic rings. The van der Waals surface area contributed by atoms with E-state index in [1.54, 1.807) is 0 Å². The van der Waals surface area contributed by atoms with Crippen LogP contribution in [0.4, 0.5) is 0 Å². The van der Waals surface area contributed by atoms with Crippen molar-refractivity contribution in [3.05, 3.63) is 71.3 Å². The standard InChI is InChI=1S/C23H32N2O/c1-23(2,26)14-13-19-9-11-20(12-10-19)17-25-16-15-24(3)22(18-25)21-7-5-4-6-8-21/h4-12,22,26H,13-18H2,1-3H3/t22-/m0/s1. The van der Waals surface area contributed by atoms with Gasteiger partial charge in [0.05, 0.1) is 5.60 Å². The Labute approximate surface area is 158 Å². The van der Waals surface area contributed by atoms with Gasteiger partial charge in [-0.15, -0.1) is 0 Å². The molecule has 0 spiro atoms. The van der Waals surface area contributed by atoms with Gasteiger partial charge in [0.2, 0.25) is 0 Å². The lowest BCUT2D eigenvalue weighted by Gasteiger charge is -2.39. The van der Waals surface area contributed by atoms with Crippen molar-refractivity contribution in [2.45, 2.75) is 44.9 Å². The number of rotatable bonds is 6. The van der Waals surface area contributed by atoms with E-state index in [1.165, 1.54) is 16.7 Å². The molecule has 1 N–H and O–H groups in total. The minimum Gasteiger partial charge on any atom is -0.390 e. The van der Waals surface area contributed by atoms with E-state index >= 15 is 0 Å². The van der Waals surface area contributed by atoms with Crippen LogP contribution in [0.25, 0.3) is 0 Å². The van der Waals surface area contributed by atoms with Crippen molar-refractivity contribution in [1.29, 1.82) is 0 Å². The number of hydrogen-bond acceptors (Lipinski definition) is 3. The largest absolute Gasteiger partial charge is 0.390 e. The molecule has 3 nitrogen and oxygen atoms in total. The molecule has 1 atom stereocenters. The number of benzene rings is 2. The summed E-state index contributed by atoms with van der Waals surface area (Å²) in [7, 11) is 2.23. The average molecular weight is 353 g/mol. The number of nitrogens with zero attached hydrogens (tertiary/aromatic N) is 2. The maximum atomic E-state index is 9.88. The normalized spacial score (nSPS) is 19.6. The fourth-order valence-corrected chi connectivity index (χ4v) is 3.63. The van der Waals surface area contributed by atoms with E-state index in [0.29, 0.717) is 6.04 Å². The third-order valence-corrected chi connectivity index (χ3v) is 5.37. The molecule has 26 heavy (non-hydrogen) atoms. The highest BCUT2D eigenvalue weighted by atomic mass is 16.3. The Kier molecular flexibility index (Phi) is 6.13. The van der Waals surface area contributed by atoms with Crippen molar-refractivity contribution >= 4 is 0 Å². The van der Waals surface area contributed by atoms with E-state index in [0.717, 1.165) is 39.0 Å². The summed E-state index contributed by atoms with van der Waals surface area (Å²) >= 11 is 0. The first-order chi connectivity index (χ1) is 12.4. The third-order valence-electron chi connectivity index (χ3n) is 5.37. The van der Waals surface area contributed by atoms with E-state index in [-0.39, 0.29) is 0 Å². The minimum absolute atomic E-state index is 0.469. The summed E-state index contributed by atoms with van der Waals surface area (Å²) in [5.74, 6) is 0. The summed E-state index contributed by atoms with van der Waals surface area (Å²) in [6.07, 6.45) is 1.72. The number of piperazine rings is 1. The molecule has 3 heteroatoms. The number of aliphatic hydroxyl groups is 1. The zero-order chi connectivity index (χ0) is 18.6. The van der Waals surface area contributed by atoms with Crippen LogP contribution in [-0.2, 0) is 13.0 Å². The summed E-state index contributed by atoms with van der Waals surface area (Å²) in [5, 5.41) is 9.88. The third kappa shape index (κ3) is 5.41. The SMILES string of the molecule is CN1CCN(Cc2ccc(CCC(C)(C)O)cc2)C[C@H]1c1ccccc1. The molecule has 2 aromatic rings. The zero-order valence-electron chi connectivity index (χ0n) is 16.4. The Hall–Kier alpha value is -1.68. The maximum absolute atomic E-state index is 9.88. The van der Waals surface area contributed by atoms with Crippen molar-refractivity contribution in [2.24, 2.45) is 0 Å². The van der Waals surface area contributed by atoms with Crippen molar-refractivity contribution in [2.75, 3.05) is 26.7 Å². The van der Waals surface area contributed by atoms with Crippen LogP contribution >= 0.6 is 0 Å². The Morgan fingerprint density at radius 3 is 2.27 bits per heavy atom. The van der Waals surface area contributed by atoms with Gasteiger partial charge in [-0.2, -0.15) is 0 Å². The minimum atomic E-state index is -0.592. The lowest BCUT2D eigenvalue weighted by Crippen LogP contribution is -2.46. The van der Waals surface area contributed by atoms with Crippen LogP contribution in [0.3, 0.4) is 0 Å². The van der Waals surface area contributed by atoms with Gasteiger partial charge in [-0.05, 0) is 50.4 Å².